The van der Waals surface area contributed by atoms with E-state index in [0.717, 1.165) is 18.5 Å². The lowest BCUT2D eigenvalue weighted by molar-refractivity contribution is -0.188. The van der Waals surface area contributed by atoms with Crippen LogP contribution in [0.2, 0.25) is 0 Å². The number of fused-ring (bicyclic) bond motifs is 1. The number of rotatable bonds is 1. The van der Waals surface area contributed by atoms with Crippen molar-refractivity contribution in [2.75, 3.05) is 6.54 Å². The molecule has 16 heavy (non-hydrogen) atoms. The molecule has 2 aliphatic rings. The first-order valence-electron chi connectivity index (χ1n) is 6.25. The molecule has 0 aliphatic carbocycles. The first kappa shape index (κ1) is 10.3. The van der Waals surface area contributed by atoms with Crippen LogP contribution >= 0.6 is 0 Å². The van der Waals surface area contributed by atoms with Crippen LogP contribution in [0, 0.1) is 0 Å². The highest BCUT2D eigenvalue weighted by Gasteiger charge is 2.54. The summed E-state index contributed by atoms with van der Waals surface area (Å²) in [5, 5.41) is 10.8. The zero-order valence-corrected chi connectivity index (χ0v) is 9.76. The van der Waals surface area contributed by atoms with Crippen molar-refractivity contribution in [1.82, 2.24) is 4.90 Å². The topological polar surface area (TPSA) is 23.5 Å². The average molecular weight is 217 g/mol. The quantitative estimate of drug-likeness (QED) is 0.779. The highest BCUT2D eigenvalue weighted by atomic mass is 16.3. The average Bonchev–Trinajstić information content (AvgIpc) is 2.31. The molecule has 0 bridgehead atoms. The van der Waals surface area contributed by atoms with E-state index in [4.69, 9.17) is 0 Å². The van der Waals surface area contributed by atoms with Crippen LogP contribution in [0.15, 0.2) is 30.3 Å². The first-order chi connectivity index (χ1) is 7.72. The summed E-state index contributed by atoms with van der Waals surface area (Å²) in [6.45, 7) is 3.08. The molecule has 0 amide bonds. The molecule has 3 rings (SSSR count). The van der Waals surface area contributed by atoms with Gasteiger partial charge in [-0.25, -0.2) is 0 Å². The van der Waals surface area contributed by atoms with Crippen LogP contribution < -0.4 is 0 Å². The lowest BCUT2D eigenvalue weighted by Gasteiger charge is -2.59. The summed E-state index contributed by atoms with van der Waals surface area (Å²) in [5.41, 5.74) is 0.501. The minimum atomic E-state index is -0.587. The van der Waals surface area contributed by atoms with Crippen LogP contribution in [0.3, 0.4) is 0 Å². The Morgan fingerprint density at radius 3 is 2.75 bits per heavy atom. The molecule has 0 radical (unpaired) electrons. The first-order valence-corrected chi connectivity index (χ1v) is 6.25. The van der Waals surface area contributed by atoms with E-state index < -0.39 is 5.60 Å². The summed E-state index contributed by atoms with van der Waals surface area (Å²) in [6, 6.07) is 11.1. The van der Waals surface area contributed by atoms with Gasteiger partial charge in [-0.2, -0.15) is 0 Å². The van der Waals surface area contributed by atoms with Crippen molar-refractivity contribution in [3.8, 4) is 0 Å². The minimum Gasteiger partial charge on any atom is -0.382 e. The Morgan fingerprint density at radius 1 is 1.25 bits per heavy atom. The second kappa shape index (κ2) is 3.57. The van der Waals surface area contributed by atoms with Gasteiger partial charge in [0.1, 0.15) is 5.60 Å². The van der Waals surface area contributed by atoms with Crippen LogP contribution in [0.4, 0.5) is 0 Å². The molecule has 2 fully saturated rings. The maximum atomic E-state index is 10.8. The Kier molecular flexibility index (Phi) is 2.30. The summed E-state index contributed by atoms with van der Waals surface area (Å²) < 4.78 is 0. The fourth-order valence-electron chi connectivity index (χ4n) is 3.31. The molecule has 2 heterocycles. The molecule has 2 heteroatoms. The normalized spacial score (nSPS) is 38.9. The van der Waals surface area contributed by atoms with Crippen molar-refractivity contribution < 1.29 is 5.11 Å². The van der Waals surface area contributed by atoms with Crippen LogP contribution in [-0.4, -0.2) is 28.6 Å². The molecule has 2 nitrogen and oxygen atoms in total. The third-order valence-corrected chi connectivity index (χ3v) is 4.31. The van der Waals surface area contributed by atoms with Gasteiger partial charge in [0.2, 0.25) is 0 Å². The fraction of sp³-hybridized carbons (Fsp3) is 0.571. The number of benzene rings is 1. The van der Waals surface area contributed by atoms with Gasteiger partial charge >= 0.3 is 0 Å². The van der Waals surface area contributed by atoms with Crippen molar-refractivity contribution in [3.63, 3.8) is 0 Å². The summed E-state index contributed by atoms with van der Waals surface area (Å²) in [6.07, 6.45) is 3.66. The van der Waals surface area contributed by atoms with Gasteiger partial charge in [-0.15, -0.1) is 0 Å². The van der Waals surface area contributed by atoms with Gasteiger partial charge in [-0.1, -0.05) is 36.8 Å². The van der Waals surface area contributed by atoms with Crippen LogP contribution in [0.5, 0.6) is 0 Å². The van der Waals surface area contributed by atoms with Gasteiger partial charge in [-0.3, -0.25) is 4.90 Å². The second-order valence-electron chi connectivity index (χ2n) is 5.26. The largest absolute Gasteiger partial charge is 0.382 e. The molecular weight excluding hydrogens is 198 g/mol. The molecule has 2 aliphatic heterocycles. The maximum Gasteiger partial charge on any atom is 0.118 e. The van der Waals surface area contributed by atoms with E-state index in [1.807, 2.05) is 18.2 Å². The third kappa shape index (κ3) is 1.33. The van der Waals surface area contributed by atoms with Gasteiger partial charge in [0.05, 0.1) is 0 Å². The molecule has 1 aromatic carbocycles. The number of nitrogens with zero attached hydrogens (tertiary/aromatic N) is 1. The molecule has 0 aromatic heterocycles. The standard InChI is InChI=1S/C14H19NO/c1-11-6-5-9-13-14(16,10-15(11)13)12-7-3-2-4-8-12/h2-4,7-8,11,13,16H,5-6,9-10H2,1H3/t11-,13-,14+/m1/s1. The van der Waals surface area contributed by atoms with Gasteiger partial charge in [0, 0.05) is 18.6 Å². The molecular formula is C14H19NO. The number of hydrogen-bond acceptors (Lipinski definition) is 2. The Morgan fingerprint density at radius 2 is 2.00 bits per heavy atom. The Labute approximate surface area is 96.9 Å². The van der Waals surface area contributed by atoms with E-state index >= 15 is 0 Å². The SMILES string of the molecule is C[C@@H]1CCC[C@H]2N1C[C@]2(O)c1ccccc1. The van der Waals surface area contributed by atoms with E-state index in [-0.39, 0.29) is 0 Å². The maximum absolute atomic E-state index is 10.8. The van der Waals surface area contributed by atoms with Gasteiger partial charge in [0.25, 0.3) is 0 Å². The van der Waals surface area contributed by atoms with Gasteiger partial charge in [-0.05, 0) is 25.3 Å². The van der Waals surface area contributed by atoms with Crippen molar-refractivity contribution in [3.05, 3.63) is 35.9 Å². The van der Waals surface area contributed by atoms with Gasteiger partial charge < -0.3 is 5.11 Å². The predicted molar refractivity (Wildman–Crippen MR) is 64.1 cm³/mol. The van der Waals surface area contributed by atoms with Crippen LogP contribution in [-0.2, 0) is 5.60 Å². The monoisotopic (exact) mass is 217 g/mol. The van der Waals surface area contributed by atoms with E-state index in [9.17, 15) is 5.11 Å². The van der Waals surface area contributed by atoms with Crippen LogP contribution in [0.25, 0.3) is 0 Å². The summed E-state index contributed by atoms with van der Waals surface area (Å²) >= 11 is 0. The predicted octanol–water partition coefficient (Wildman–Crippen LogP) is 2.13. The molecule has 86 valence electrons. The summed E-state index contributed by atoms with van der Waals surface area (Å²) in [5.74, 6) is 0. The lowest BCUT2D eigenvalue weighted by Crippen LogP contribution is -2.70. The molecule has 2 saturated heterocycles. The molecule has 0 saturated carbocycles. The highest BCUT2D eigenvalue weighted by Crippen LogP contribution is 2.45. The van der Waals surface area contributed by atoms with Crippen molar-refractivity contribution >= 4 is 0 Å². The smallest absolute Gasteiger partial charge is 0.118 e. The summed E-state index contributed by atoms with van der Waals surface area (Å²) in [4.78, 5) is 2.45. The Bertz CT molecular complexity index is 378. The fourth-order valence-corrected chi connectivity index (χ4v) is 3.31. The summed E-state index contributed by atoms with van der Waals surface area (Å²) in [7, 11) is 0. The molecule has 3 atom stereocenters. The lowest BCUT2D eigenvalue weighted by atomic mass is 9.72. The number of hydrogen-bond donors (Lipinski definition) is 1. The van der Waals surface area contributed by atoms with Crippen molar-refractivity contribution in [2.45, 2.75) is 43.9 Å². The molecule has 0 unspecified atom stereocenters. The highest BCUT2D eigenvalue weighted by molar-refractivity contribution is 5.29. The van der Waals surface area contributed by atoms with E-state index in [1.54, 1.807) is 0 Å². The van der Waals surface area contributed by atoms with E-state index in [2.05, 4.69) is 24.0 Å². The second-order valence-corrected chi connectivity index (χ2v) is 5.26. The van der Waals surface area contributed by atoms with Crippen molar-refractivity contribution in [2.24, 2.45) is 0 Å². The molecule has 0 spiro atoms. The van der Waals surface area contributed by atoms with E-state index in [0.29, 0.717) is 12.1 Å². The Balaban J connectivity index is 1.87. The minimum absolute atomic E-state index is 0.346. The molecule has 1 N–H and O–H groups in total. The number of piperidine rings is 1. The van der Waals surface area contributed by atoms with E-state index in [1.165, 1.54) is 12.8 Å². The zero-order chi connectivity index (χ0) is 11.2. The molecule has 1 aromatic rings. The zero-order valence-electron chi connectivity index (χ0n) is 9.76. The van der Waals surface area contributed by atoms with Gasteiger partial charge in [0.15, 0.2) is 0 Å². The van der Waals surface area contributed by atoms with Crippen molar-refractivity contribution in [1.29, 1.82) is 0 Å². The Hall–Kier alpha value is -0.860. The third-order valence-electron chi connectivity index (χ3n) is 4.31. The van der Waals surface area contributed by atoms with Crippen LogP contribution in [0.1, 0.15) is 31.7 Å². The number of aliphatic hydroxyl groups is 1.